The van der Waals surface area contributed by atoms with Gasteiger partial charge in [-0.3, -0.25) is 9.59 Å². The van der Waals surface area contributed by atoms with Crippen LogP contribution in [0.5, 0.6) is 0 Å². The Hall–Kier alpha value is -0.550. The number of Topliss-reactive ketones (excluding diaryl/α,β-unsaturated/α-hetero) is 1. The Labute approximate surface area is 117 Å². The molecule has 4 nitrogen and oxygen atoms in total. The molecule has 0 radical (unpaired) electrons. The number of unbranched alkanes of at least 4 members (excludes halogenated alkanes) is 1. The maximum Gasteiger partial charge on any atom is 0.306 e. The fourth-order valence-electron chi connectivity index (χ4n) is 1.76. The van der Waals surface area contributed by atoms with Crippen molar-refractivity contribution in [1.82, 2.24) is 0 Å². The van der Waals surface area contributed by atoms with E-state index in [4.69, 9.17) is 5.73 Å². The molecule has 1 atom stereocenters. The molecule has 0 aliphatic rings. The van der Waals surface area contributed by atoms with Crippen LogP contribution in [0.2, 0.25) is 0 Å². The standard InChI is InChI=1S/C13H25NO3.H2S/c1-13(2,3)12(16)10(7-5-6-8-14)9-11(15)17-4;/h10H,5-9,14H2,1-4H3;1H2/t10-;/m1./s1. The first-order chi connectivity index (χ1) is 7.82. The number of carbonyl (C=O) groups excluding carboxylic acids is 2. The van der Waals surface area contributed by atoms with E-state index in [-0.39, 0.29) is 37.6 Å². The molecule has 0 aromatic carbocycles. The van der Waals surface area contributed by atoms with Crippen LogP contribution < -0.4 is 5.73 Å². The Kier molecular flexibility index (Phi) is 10.3. The van der Waals surface area contributed by atoms with Crippen LogP contribution in [0.25, 0.3) is 0 Å². The van der Waals surface area contributed by atoms with Crippen molar-refractivity contribution in [3.05, 3.63) is 0 Å². The average molecular weight is 277 g/mol. The van der Waals surface area contributed by atoms with Gasteiger partial charge in [-0.25, -0.2) is 0 Å². The van der Waals surface area contributed by atoms with Gasteiger partial charge in [0.05, 0.1) is 13.5 Å². The zero-order chi connectivity index (χ0) is 13.5. The molecule has 18 heavy (non-hydrogen) atoms. The van der Waals surface area contributed by atoms with Crippen LogP contribution in [0.3, 0.4) is 0 Å². The molecule has 0 saturated heterocycles. The van der Waals surface area contributed by atoms with Crippen LogP contribution in [-0.2, 0) is 14.3 Å². The van der Waals surface area contributed by atoms with Crippen LogP contribution in [0, 0.1) is 11.3 Å². The van der Waals surface area contributed by atoms with Gasteiger partial charge >= 0.3 is 5.97 Å². The average Bonchev–Trinajstić information content (AvgIpc) is 2.25. The molecule has 0 heterocycles. The normalized spacial score (nSPS) is 12.5. The summed E-state index contributed by atoms with van der Waals surface area (Å²) in [5.74, 6) is -0.436. The molecule has 0 rings (SSSR count). The molecule has 0 spiro atoms. The molecule has 0 saturated carbocycles. The van der Waals surface area contributed by atoms with Crippen LogP contribution in [-0.4, -0.2) is 25.4 Å². The molecule has 0 unspecified atom stereocenters. The number of carbonyl (C=O) groups is 2. The van der Waals surface area contributed by atoms with Crippen molar-refractivity contribution in [1.29, 1.82) is 0 Å². The van der Waals surface area contributed by atoms with Crippen molar-refractivity contribution in [2.45, 2.75) is 46.5 Å². The first-order valence-corrected chi connectivity index (χ1v) is 6.14. The fraction of sp³-hybridized carbons (Fsp3) is 0.846. The molecule has 2 N–H and O–H groups in total. The first-order valence-electron chi connectivity index (χ1n) is 6.14. The van der Waals surface area contributed by atoms with Crippen LogP contribution in [0.15, 0.2) is 0 Å². The maximum absolute atomic E-state index is 12.2. The molecular weight excluding hydrogens is 250 g/mol. The van der Waals surface area contributed by atoms with E-state index in [2.05, 4.69) is 4.74 Å². The molecule has 0 bridgehead atoms. The van der Waals surface area contributed by atoms with Crippen molar-refractivity contribution in [2.75, 3.05) is 13.7 Å². The molecule has 0 aliphatic carbocycles. The molecule has 0 aliphatic heterocycles. The van der Waals surface area contributed by atoms with Gasteiger partial charge in [-0.15, -0.1) is 0 Å². The predicted octanol–water partition coefficient (Wildman–Crippen LogP) is 2.02. The van der Waals surface area contributed by atoms with Gasteiger partial charge < -0.3 is 10.5 Å². The van der Waals surface area contributed by atoms with Crippen molar-refractivity contribution in [3.8, 4) is 0 Å². The summed E-state index contributed by atoms with van der Waals surface area (Å²) in [4.78, 5) is 23.5. The summed E-state index contributed by atoms with van der Waals surface area (Å²) in [6.07, 6.45) is 2.65. The Balaban J connectivity index is 0. The predicted molar refractivity (Wildman–Crippen MR) is 77.9 cm³/mol. The lowest BCUT2D eigenvalue weighted by Crippen LogP contribution is -2.30. The van der Waals surface area contributed by atoms with E-state index in [1.807, 2.05) is 20.8 Å². The summed E-state index contributed by atoms with van der Waals surface area (Å²) >= 11 is 0. The number of methoxy groups -OCH3 is 1. The minimum Gasteiger partial charge on any atom is -0.469 e. The Morgan fingerprint density at radius 2 is 1.78 bits per heavy atom. The summed E-state index contributed by atoms with van der Waals surface area (Å²) < 4.78 is 4.63. The van der Waals surface area contributed by atoms with Gasteiger partial charge in [-0.05, 0) is 19.4 Å². The van der Waals surface area contributed by atoms with Crippen LogP contribution in [0.1, 0.15) is 46.5 Å². The molecule has 108 valence electrons. The summed E-state index contributed by atoms with van der Waals surface area (Å²) in [6, 6.07) is 0. The number of ketones is 1. The Morgan fingerprint density at radius 3 is 2.17 bits per heavy atom. The second-order valence-corrected chi connectivity index (χ2v) is 5.38. The smallest absolute Gasteiger partial charge is 0.306 e. The lowest BCUT2D eigenvalue weighted by molar-refractivity contribution is -0.145. The van der Waals surface area contributed by atoms with Gasteiger partial charge in [0.2, 0.25) is 0 Å². The van der Waals surface area contributed by atoms with Crippen LogP contribution >= 0.6 is 13.5 Å². The van der Waals surface area contributed by atoms with Crippen molar-refractivity contribution in [2.24, 2.45) is 17.1 Å². The van der Waals surface area contributed by atoms with E-state index in [1.165, 1.54) is 7.11 Å². The van der Waals surface area contributed by atoms with Crippen LogP contribution in [0.4, 0.5) is 0 Å². The van der Waals surface area contributed by atoms with Gasteiger partial charge in [0.15, 0.2) is 0 Å². The number of rotatable bonds is 7. The summed E-state index contributed by atoms with van der Waals surface area (Å²) in [5.41, 5.74) is 5.01. The largest absolute Gasteiger partial charge is 0.469 e. The van der Waals surface area contributed by atoms with E-state index in [9.17, 15) is 9.59 Å². The third-order valence-electron chi connectivity index (χ3n) is 2.76. The molecule has 5 heteroatoms. The van der Waals surface area contributed by atoms with Gasteiger partial charge in [-0.2, -0.15) is 13.5 Å². The highest BCUT2D eigenvalue weighted by Crippen LogP contribution is 2.26. The fourth-order valence-corrected chi connectivity index (χ4v) is 1.76. The molecule has 0 aromatic rings. The SMILES string of the molecule is COC(=O)C[C@@H](CCCCN)C(=O)C(C)(C)C.S. The lowest BCUT2D eigenvalue weighted by Gasteiger charge is -2.23. The minimum absolute atomic E-state index is 0. The Morgan fingerprint density at radius 1 is 1.22 bits per heavy atom. The van der Waals surface area contributed by atoms with Gasteiger partial charge in [0.1, 0.15) is 5.78 Å². The van der Waals surface area contributed by atoms with E-state index >= 15 is 0 Å². The Bertz CT molecular complexity index is 261. The quantitative estimate of drug-likeness (QED) is 0.571. The van der Waals surface area contributed by atoms with E-state index in [1.54, 1.807) is 0 Å². The number of hydrogen-bond acceptors (Lipinski definition) is 4. The highest BCUT2D eigenvalue weighted by Gasteiger charge is 2.30. The topological polar surface area (TPSA) is 69.4 Å². The number of hydrogen-bond donors (Lipinski definition) is 1. The monoisotopic (exact) mass is 277 g/mol. The molecule has 0 fully saturated rings. The highest BCUT2D eigenvalue weighted by molar-refractivity contribution is 7.59. The number of esters is 1. The molecule has 0 aromatic heterocycles. The molecule has 0 amide bonds. The second kappa shape index (κ2) is 9.39. The number of ether oxygens (including phenoxy) is 1. The number of nitrogens with two attached hydrogens (primary N) is 1. The van der Waals surface area contributed by atoms with Gasteiger partial charge in [0.25, 0.3) is 0 Å². The summed E-state index contributed by atoms with van der Waals surface area (Å²) in [5, 5.41) is 0. The van der Waals surface area contributed by atoms with Crippen molar-refractivity contribution in [3.63, 3.8) is 0 Å². The molecular formula is C13H27NO3S. The summed E-state index contributed by atoms with van der Waals surface area (Å²) in [6.45, 7) is 6.25. The minimum atomic E-state index is -0.415. The lowest BCUT2D eigenvalue weighted by atomic mass is 9.79. The van der Waals surface area contributed by atoms with E-state index < -0.39 is 5.41 Å². The van der Waals surface area contributed by atoms with E-state index in [0.717, 1.165) is 12.8 Å². The van der Waals surface area contributed by atoms with Crippen molar-refractivity contribution < 1.29 is 14.3 Å². The van der Waals surface area contributed by atoms with E-state index in [0.29, 0.717) is 13.0 Å². The maximum atomic E-state index is 12.2. The highest BCUT2D eigenvalue weighted by atomic mass is 32.1. The second-order valence-electron chi connectivity index (χ2n) is 5.38. The van der Waals surface area contributed by atoms with Crippen molar-refractivity contribution >= 4 is 25.2 Å². The zero-order valence-electron chi connectivity index (χ0n) is 11.9. The van der Waals surface area contributed by atoms with Gasteiger partial charge in [-0.1, -0.05) is 27.2 Å². The third-order valence-corrected chi connectivity index (χ3v) is 2.76. The summed E-state index contributed by atoms with van der Waals surface area (Å²) in [7, 11) is 1.35. The third kappa shape index (κ3) is 7.71. The zero-order valence-corrected chi connectivity index (χ0v) is 12.9. The van der Waals surface area contributed by atoms with Gasteiger partial charge in [0, 0.05) is 11.3 Å². The first kappa shape index (κ1) is 19.8.